The smallest absolute Gasteiger partial charge is 0.180 e. The Bertz CT molecular complexity index is 441. The fourth-order valence-corrected chi connectivity index (χ4v) is 2.10. The lowest BCUT2D eigenvalue weighted by atomic mass is 10.1. The van der Waals surface area contributed by atoms with Gasteiger partial charge in [-0.25, -0.2) is 0 Å². The summed E-state index contributed by atoms with van der Waals surface area (Å²) in [6.07, 6.45) is 1.82. The maximum Gasteiger partial charge on any atom is 0.180 e. The Kier molecular flexibility index (Phi) is 4.76. The molecule has 0 radical (unpaired) electrons. The summed E-state index contributed by atoms with van der Waals surface area (Å²) in [6.45, 7) is 1.25. The minimum absolute atomic E-state index is 0.0469. The van der Waals surface area contributed by atoms with E-state index in [0.717, 1.165) is 19.4 Å². The normalized spacial score (nSPS) is 18.9. The van der Waals surface area contributed by atoms with Crippen molar-refractivity contribution >= 4 is 5.78 Å². The zero-order valence-corrected chi connectivity index (χ0v) is 11.1. The molecule has 0 aromatic heterocycles. The number of benzene rings is 1. The highest BCUT2D eigenvalue weighted by Crippen LogP contribution is 2.33. The van der Waals surface area contributed by atoms with Crippen LogP contribution in [0, 0.1) is 0 Å². The molecule has 0 bridgehead atoms. The van der Waals surface area contributed by atoms with Crippen molar-refractivity contribution in [2.45, 2.75) is 18.9 Å². The molecular formula is C14H19NO4. The highest BCUT2D eigenvalue weighted by Gasteiger charge is 2.21. The van der Waals surface area contributed by atoms with Crippen LogP contribution in [0.15, 0.2) is 18.2 Å². The lowest BCUT2D eigenvalue weighted by molar-refractivity contribution is 0.00611. The second-order valence-electron chi connectivity index (χ2n) is 4.42. The third-order valence-corrected chi connectivity index (χ3v) is 3.09. The molecule has 1 unspecified atom stereocenters. The molecule has 1 atom stereocenters. The molecule has 1 aliphatic heterocycles. The predicted molar refractivity (Wildman–Crippen MR) is 70.8 cm³/mol. The molecule has 0 aliphatic carbocycles. The Morgan fingerprint density at radius 1 is 1.53 bits per heavy atom. The van der Waals surface area contributed by atoms with Crippen LogP contribution in [0.3, 0.4) is 0 Å². The number of carbonyl (C=O) groups excluding carboxylic acids is 1. The first-order valence-corrected chi connectivity index (χ1v) is 6.41. The number of ketones is 1. The minimum atomic E-state index is -0.161. The summed E-state index contributed by atoms with van der Waals surface area (Å²) in [4.78, 5) is 11.9. The number of hydrogen-bond acceptors (Lipinski definition) is 5. The summed E-state index contributed by atoms with van der Waals surface area (Å²) < 4.78 is 16.5. The summed E-state index contributed by atoms with van der Waals surface area (Å²) in [7, 11) is 1.55. The number of rotatable bonds is 5. The number of nitrogens with two attached hydrogens (primary N) is 1. The molecular weight excluding hydrogens is 246 g/mol. The van der Waals surface area contributed by atoms with Crippen LogP contribution < -0.4 is 15.2 Å². The van der Waals surface area contributed by atoms with E-state index in [1.807, 2.05) is 0 Å². The quantitative estimate of drug-likeness (QED) is 0.815. The van der Waals surface area contributed by atoms with Crippen molar-refractivity contribution in [3.8, 4) is 11.5 Å². The highest BCUT2D eigenvalue weighted by molar-refractivity contribution is 6.00. The molecule has 0 spiro atoms. The van der Waals surface area contributed by atoms with Crippen LogP contribution in [0.25, 0.3) is 0 Å². The molecule has 1 aliphatic rings. The van der Waals surface area contributed by atoms with Gasteiger partial charge in [-0.2, -0.15) is 0 Å². The summed E-state index contributed by atoms with van der Waals surface area (Å²) in [5.41, 5.74) is 5.89. The van der Waals surface area contributed by atoms with E-state index in [4.69, 9.17) is 19.9 Å². The van der Waals surface area contributed by atoms with Crippen molar-refractivity contribution in [3.63, 3.8) is 0 Å². The molecule has 1 heterocycles. The van der Waals surface area contributed by atoms with Crippen LogP contribution in [0.2, 0.25) is 0 Å². The molecule has 0 saturated carbocycles. The lowest BCUT2D eigenvalue weighted by Crippen LogP contribution is -2.29. The average molecular weight is 265 g/mol. The van der Waals surface area contributed by atoms with Gasteiger partial charge in [0.05, 0.1) is 25.8 Å². The van der Waals surface area contributed by atoms with Crippen molar-refractivity contribution in [2.75, 3.05) is 26.9 Å². The number of Topliss-reactive ketones (excluding diaryl/α,β-unsaturated/α-hetero) is 1. The van der Waals surface area contributed by atoms with E-state index in [1.54, 1.807) is 25.3 Å². The topological polar surface area (TPSA) is 70.8 Å². The zero-order valence-electron chi connectivity index (χ0n) is 11.1. The molecule has 1 aromatic carbocycles. The van der Waals surface area contributed by atoms with Crippen LogP contribution >= 0.6 is 0 Å². The Hall–Kier alpha value is -1.59. The Morgan fingerprint density at radius 3 is 3.00 bits per heavy atom. The van der Waals surface area contributed by atoms with Gasteiger partial charge in [-0.05, 0) is 25.0 Å². The molecule has 2 N–H and O–H groups in total. The Morgan fingerprint density at radius 2 is 2.37 bits per heavy atom. The molecule has 1 aromatic rings. The zero-order chi connectivity index (χ0) is 13.7. The van der Waals surface area contributed by atoms with Crippen molar-refractivity contribution in [1.29, 1.82) is 0 Å². The van der Waals surface area contributed by atoms with E-state index in [1.165, 1.54) is 0 Å². The summed E-state index contributed by atoms with van der Waals surface area (Å²) in [5.74, 6) is 0.853. The largest absolute Gasteiger partial charge is 0.493 e. The lowest BCUT2D eigenvalue weighted by Gasteiger charge is -2.25. The SMILES string of the molecule is COc1cccc(C(=O)CN)c1OC1CCCOC1. The fraction of sp³-hybridized carbons (Fsp3) is 0.500. The van der Waals surface area contributed by atoms with Gasteiger partial charge < -0.3 is 19.9 Å². The van der Waals surface area contributed by atoms with Crippen LogP contribution in [0.5, 0.6) is 11.5 Å². The van der Waals surface area contributed by atoms with Gasteiger partial charge in [0.1, 0.15) is 6.10 Å². The molecule has 0 amide bonds. The number of methoxy groups -OCH3 is 1. The van der Waals surface area contributed by atoms with Crippen LogP contribution in [0.4, 0.5) is 0 Å². The van der Waals surface area contributed by atoms with Gasteiger partial charge in [0, 0.05) is 6.61 Å². The molecule has 1 fully saturated rings. The van der Waals surface area contributed by atoms with E-state index >= 15 is 0 Å². The third kappa shape index (κ3) is 3.24. The Labute approximate surface area is 112 Å². The predicted octanol–water partition coefficient (Wildman–Crippen LogP) is 1.39. The van der Waals surface area contributed by atoms with E-state index in [9.17, 15) is 4.79 Å². The molecule has 104 valence electrons. The molecule has 5 nitrogen and oxygen atoms in total. The summed E-state index contributed by atoms with van der Waals surface area (Å²) >= 11 is 0. The van der Waals surface area contributed by atoms with Crippen LogP contribution in [-0.2, 0) is 4.74 Å². The highest BCUT2D eigenvalue weighted by atomic mass is 16.5. The van der Waals surface area contributed by atoms with Gasteiger partial charge >= 0.3 is 0 Å². The van der Waals surface area contributed by atoms with Gasteiger partial charge in [-0.15, -0.1) is 0 Å². The second-order valence-corrected chi connectivity index (χ2v) is 4.42. The molecule has 2 rings (SSSR count). The van der Waals surface area contributed by atoms with Crippen molar-refractivity contribution in [1.82, 2.24) is 0 Å². The van der Waals surface area contributed by atoms with Crippen LogP contribution in [-0.4, -0.2) is 38.8 Å². The van der Waals surface area contributed by atoms with Crippen molar-refractivity contribution < 1.29 is 19.0 Å². The number of para-hydroxylation sites is 1. The van der Waals surface area contributed by atoms with Gasteiger partial charge in [0.25, 0.3) is 0 Å². The minimum Gasteiger partial charge on any atom is -0.493 e. The molecule has 1 saturated heterocycles. The standard InChI is InChI=1S/C14H19NO4/c1-17-13-6-2-5-11(12(16)8-15)14(13)19-10-4-3-7-18-9-10/h2,5-6,10H,3-4,7-9,15H2,1H3. The second kappa shape index (κ2) is 6.54. The van der Waals surface area contributed by atoms with Crippen molar-refractivity contribution in [3.05, 3.63) is 23.8 Å². The maximum absolute atomic E-state index is 11.9. The summed E-state index contributed by atoms with van der Waals surface area (Å²) in [6, 6.07) is 5.23. The monoisotopic (exact) mass is 265 g/mol. The average Bonchev–Trinajstić information content (AvgIpc) is 2.47. The van der Waals surface area contributed by atoms with Crippen molar-refractivity contribution in [2.24, 2.45) is 5.73 Å². The fourth-order valence-electron chi connectivity index (χ4n) is 2.10. The van der Waals surface area contributed by atoms with Gasteiger partial charge in [-0.1, -0.05) is 6.07 Å². The molecule has 5 heteroatoms. The van der Waals surface area contributed by atoms with Crippen LogP contribution in [0.1, 0.15) is 23.2 Å². The van der Waals surface area contributed by atoms with Gasteiger partial charge in [0.2, 0.25) is 0 Å². The number of hydrogen-bond donors (Lipinski definition) is 1. The van der Waals surface area contributed by atoms with E-state index in [0.29, 0.717) is 23.7 Å². The first-order chi connectivity index (χ1) is 9.26. The van der Waals surface area contributed by atoms with Gasteiger partial charge in [0.15, 0.2) is 17.3 Å². The van der Waals surface area contributed by atoms with E-state index in [2.05, 4.69) is 0 Å². The maximum atomic E-state index is 11.9. The first kappa shape index (κ1) is 13.8. The summed E-state index contributed by atoms with van der Waals surface area (Å²) in [5, 5.41) is 0. The van der Waals surface area contributed by atoms with Gasteiger partial charge in [-0.3, -0.25) is 4.79 Å². The Balaban J connectivity index is 2.26. The first-order valence-electron chi connectivity index (χ1n) is 6.41. The van der Waals surface area contributed by atoms with E-state index < -0.39 is 0 Å². The molecule has 19 heavy (non-hydrogen) atoms. The number of ether oxygens (including phenoxy) is 3. The van der Waals surface area contributed by atoms with E-state index in [-0.39, 0.29) is 18.4 Å². The third-order valence-electron chi connectivity index (χ3n) is 3.09. The number of carbonyl (C=O) groups is 1.